The van der Waals surface area contributed by atoms with E-state index < -0.39 is 0 Å². The molecule has 140 valence electrons. The molecule has 0 aliphatic carbocycles. The third-order valence-electron chi connectivity index (χ3n) is 4.92. The maximum atomic E-state index is 5.38. The third kappa shape index (κ3) is 3.74. The second kappa shape index (κ2) is 7.16. The molecule has 2 aromatic heterocycles. The van der Waals surface area contributed by atoms with Crippen LogP contribution in [0, 0.1) is 0 Å². The van der Waals surface area contributed by atoms with E-state index in [9.17, 15) is 0 Å². The topological polar surface area (TPSA) is 42.1 Å². The highest BCUT2D eigenvalue weighted by molar-refractivity contribution is 5.89. The minimum absolute atomic E-state index is 0.142. The monoisotopic (exact) mass is 362 g/mol. The van der Waals surface area contributed by atoms with Gasteiger partial charge in [-0.15, -0.1) is 0 Å². The van der Waals surface area contributed by atoms with Crippen LogP contribution in [0.15, 0.2) is 53.8 Å². The molecule has 3 aromatic rings. The molecule has 5 heteroatoms. The molecule has 0 spiro atoms. The summed E-state index contributed by atoms with van der Waals surface area (Å²) in [5, 5.41) is 6.65. The first-order chi connectivity index (χ1) is 13.0. The molecule has 0 amide bonds. The minimum atomic E-state index is 0.142. The Morgan fingerprint density at radius 1 is 1.04 bits per heavy atom. The van der Waals surface area contributed by atoms with Crippen LogP contribution in [0.4, 0.5) is 0 Å². The quantitative estimate of drug-likeness (QED) is 0.662. The molecule has 3 heterocycles. The van der Waals surface area contributed by atoms with Crippen LogP contribution >= 0.6 is 0 Å². The van der Waals surface area contributed by atoms with Gasteiger partial charge in [0.1, 0.15) is 11.5 Å². The average Bonchev–Trinajstić information content (AvgIpc) is 3.05. The summed E-state index contributed by atoms with van der Waals surface area (Å²) in [4.78, 5) is 4.89. The minimum Gasteiger partial charge on any atom is -0.378 e. The zero-order chi connectivity index (χ0) is 18.9. The first-order valence-electron chi connectivity index (χ1n) is 9.47. The Hall–Kier alpha value is -2.66. The second-order valence-electron chi connectivity index (χ2n) is 7.91. The third-order valence-corrected chi connectivity index (χ3v) is 4.92. The van der Waals surface area contributed by atoms with E-state index in [1.807, 2.05) is 23.4 Å². The number of hydrogen-bond acceptors (Lipinski definition) is 4. The summed E-state index contributed by atoms with van der Waals surface area (Å²) in [6, 6.07) is 14.9. The number of nitrogens with zero attached hydrogens (tertiary/aromatic N) is 4. The maximum absolute atomic E-state index is 5.38. The molecule has 1 saturated heterocycles. The Balaban J connectivity index is 1.70. The number of aromatic nitrogens is 2. The van der Waals surface area contributed by atoms with Crippen molar-refractivity contribution in [2.75, 3.05) is 26.3 Å². The van der Waals surface area contributed by atoms with E-state index >= 15 is 0 Å². The standard InChI is InChI=1S/C22H26N4O/c1-22(2,3)18-9-7-17(8-10-18)21-24-19(20-6-4-5-11-26(20)21)16-23-25-12-14-27-15-13-25/h4-11,16H,12-15H2,1-3H3/b23-16+. The number of morpholine rings is 1. The maximum Gasteiger partial charge on any atom is 0.145 e. The zero-order valence-corrected chi connectivity index (χ0v) is 16.2. The highest BCUT2D eigenvalue weighted by Gasteiger charge is 2.16. The SMILES string of the molecule is CC(C)(C)c1ccc(-c2nc(/C=N/N3CCOCC3)c3ccccn23)cc1. The molecule has 0 unspecified atom stereocenters. The summed E-state index contributed by atoms with van der Waals surface area (Å²) in [5.74, 6) is 0.939. The number of pyridine rings is 1. The predicted octanol–water partition coefficient (Wildman–Crippen LogP) is 3.96. The van der Waals surface area contributed by atoms with Gasteiger partial charge < -0.3 is 4.74 Å². The first kappa shape index (κ1) is 17.7. The van der Waals surface area contributed by atoms with Crippen LogP contribution in [0.2, 0.25) is 0 Å². The Bertz CT molecular complexity index is 945. The van der Waals surface area contributed by atoms with Gasteiger partial charge in [-0.3, -0.25) is 9.41 Å². The number of hydrazone groups is 1. The molecular formula is C22H26N4O. The summed E-state index contributed by atoms with van der Waals surface area (Å²) in [7, 11) is 0. The van der Waals surface area contributed by atoms with E-state index in [1.165, 1.54) is 5.56 Å². The van der Waals surface area contributed by atoms with E-state index in [1.54, 1.807) is 0 Å². The molecule has 27 heavy (non-hydrogen) atoms. The smallest absolute Gasteiger partial charge is 0.145 e. The fourth-order valence-electron chi connectivity index (χ4n) is 3.29. The lowest BCUT2D eigenvalue weighted by Crippen LogP contribution is -2.32. The molecular weight excluding hydrogens is 336 g/mol. The summed E-state index contributed by atoms with van der Waals surface area (Å²) in [5.41, 5.74) is 4.52. The van der Waals surface area contributed by atoms with Gasteiger partial charge in [0, 0.05) is 11.8 Å². The van der Waals surface area contributed by atoms with E-state index in [0.717, 1.165) is 48.9 Å². The van der Waals surface area contributed by atoms with Crippen LogP contribution in [0.25, 0.3) is 16.9 Å². The molecule has 0 radical (unpaired) electrons. The van der Waals surface area contributed by atoms with Crippen molar-refractivity contribution in [2.45, 2.75) is 26.2 Å². The molecule has 0 bridgehead atoms. The van der Waals surface area contributed by atoms with E-state index in [2.05, 4.69) is 66.8 Å². The summed E-state index contributed by atoms with van der Waals surface area (Å²) in [6.07, 6.45) is 3.93. The fraction of sp³-hybridized carbons (Fsp3) is 0.364. The number of hydrogen-bond donors (Lipinski definition) is 0. The van der Waals surface area contributed by atoms with Gasteiger partial charge in [-0.1, -0.05) is 51.1 Å². The summed E-state index contributed by atoms with van der Waals surface area (Å²) in [6.45, 7) is 9.79. The van der Waals surface area contributed by atoms with Crippen molar-refractivity contribution in [2.24, 2.45) is 5.10 Å². The van der Waals surface area contributed by atoms with Crippen molar-refractivity contribution >= 4 is 11.7 Å². The molecule has 1 aromatic carbocycles. The lowest BCUT2D eigenvalue weighted by atomic mass is 9.87. The number of rotatable bonds is 3. The van der Waals surface area contributed by atoms with E-state index in [0.29, 0.717) is 0 Å². The number of benzene rings is 1. The molecule has 1 aliphatic rings. The van der Waals surface area contributed by atoms with Gasteiger partial charge in [0.2, 0.25) is 0 Å². The van der Waals surface area contributed by atoms with E-state index in [-0.39, 0.29) is 5.41 Å². The Kier molecular flexibility index (Phi) is 4.70. The first-order valence-corrected chi connectivity index (χ1v) is 9.47. The van der Waals surface area contributed by atoms with Gasteiger partial charge in [0.25, 0.3) is 0 Å². The largest absolute Gasteiger partial charge is 0.378 e. The molecule has 0 atom stereocenters. The van der Waals surface area contributed by atoms with Crippen LogP contribution in [0.5, 0.6) is 0 Å². The van der Waals surface area contributed by atoms with Crippen LogP contribution in [-0.2, 0) is 10.2 Å². The normalized spacial score (nSPS) is 15.7. The van der Waals surface area contributed by atoms with Gasteiger partial charge >= 0.3 is 0 Å². The number of imidazole rings is 1. The Labute approximate surface area is 160 Å². The highest BCUT2D eigenvalue weighted by atomic mass is 16.5. The van der Waals surface area contributed by atoms with Crippen molar-refractivity contribution in [3.63, 3.8) is 0 Å². The zero-order valence-electron chi connectivity index (χ0n) is 16.2. The predicted molar refractivity (Wildman–Crippen MR) is 109 cm³/mol. The van der Waals surface area contributed by atoms with E-state index in [4.69, 9.17) is 9.72 Å². The summed E-state index contributed by atoms with van der Waals surface area (Å²) < 4.78 is 7.51. The number of ether oxygens (including phenoxy) is 1. The molecule has 0 N–H and O–H groups in total. The lowest BCUT2D eigenvalue weighted by Gasteiger charge is -2.23. The van der Waals surface area contributed by atoms with Crippen LogP contribution in [-0.4, -0.2) is 46.9 Å². The lowest BCUT2D eigenvalue weighted by molar-refractivity contribution is 0.0397. The molecule has 5 nitrogen and oxygen atoms in total. The Morgan fingerprint density at radius 3 is 2.48 bits per heavy atom. The van der Waals surface area contributed by atoms with Gasteiger partial charge in [0.15, 0.2) is 0 Å². The van der Waals surface area contributed by atoms with Gasteiger partial charge in [-0.2, -0.15) is 5.10 Å². The van der Waals surface area contributed by atoms with Crippen molar-refractivity contribution in [3.05, 3.63) is 59.9 Å². The summed E-state index contributed by atoms with van der Waals surface area (Å²) >= 11 is 0. The van der Waals surface area contributed by atoms with Gasteiger partial charge in [-0.25, -0.2) is 4.98 Å². The van der Waals surface area contributed by atoms with Crippen molar-refractivity contribution in [1.82, 2.24) is 14.4 Å². The highest BCUT2D eigenvalue weighted by Crippen LogP contribution is 2.27. The molecule has 4 rings (SSSR count). The van der Waals surface area contributed by atoms with Crippen molar-refractivity contribution in [1.29, 1.82) is 0 Å². The average molecular weight is 362 g/mol. The fourth-order valence-corrected chi connectivity index (χ4v) is 3.29. The number of fused-ring (bicyclic) bond motifs is 1. The van der Waals surface area contributed by atoms with Crippen LogP contribution in [0.1, 0.15) is 32.0 Å². The van der Waals surface area contributed by atoms with Crippen molar-refractivity contribution < 1.29 is 4.74 Å². The second-order valence-corrected chi connectivity index (χ2v) is 7.91. The Morgan fingerprint density at radius 2 is 1.78 bits per heavy atom. The van der Waals surface area contributed by atoms with Crippen LogP contribution < -0.4 is 0 Å². The van der Waals surface area contributed by atoms with Crippen LogP contribution in [0.3, 0.4) is 0 Å². The van der Waals surface area contributed by atoms with Gasteiger partial charge in [0.05, 0.1) is 38.0 Å². The van der Waals surface area contributed by atoms with Crippen molar-refractivity contribution in [3.8, 4) is 11.4 Å². The molecule has 1 aliphatic heterocycles. The molecule has 0 saturated carbocycles. The van der Waals surface area contributed by atoms with Gasteiger partial charge in [-0.05, 0) is 23.1 Å². The molecule has 1 fully saturated rings.